The number of rotatable bonds is 3. The molecule has 0 aromatic heterocycles. The van der Waals surface area contributed by atoms with E-state index in [1.54, 1.807) is 36.4 Å². The van der Waals surface area contributed by atoms with Gasteiger partial charge in [0.2, 0.25) is 10.0 Å². The Morgan fingerprint density at radius 1 is 0.852 bits per heavy atom. The maximum Gasteiger partial charge on any atom is 0.294 e. The van der Waals surface area contributed by atoms with Crippen LogP contribution in [-0.2, 0) is 20.1 Å². The first kappa shape index (κ1) is 21.5. The van der Waals surface area contributed by atoms with Crippen molar-refractivity contribution >= 4 is 20.1 Å². The summed E-state index contributed by atoms with van der Waals surface area (Å²) in [5.74, 6) is 0. The highest BCUT2D eigenvalue weighted by molar-refractivity contribution is 7.89. The topological polar surface area (TPSA) is 112 Å². The molecule has 1 unspecified atom stereocenters. The van der Waals surface area contributed by atoms with Crippen molar-refractivity contribution in [2.75, 3.05) is 13.1 Å². The van der Waals surface area contributed by atoms with Crippen LogP contribution in [0.15, 0.2) is 58.3 Å². The number of aliphatic hydroxyl groups excluding tert-OH is 1. The van der Waals surface area contributed by atoms with Crippen LogP contribution in [0.5, 0.6) is 0 Å². The predicted molar refractivity (Wildman–Crippen MR) is 102 cm³/mol. The van der Waals surface area contributed by atoms with Gasteiger partial charge in [-0.25, -0.2) is 8.42 Å². The molecule has 1 aliphatic heterocycles. The van der Waals surface area contributed by atoms with Gasteiger partial charge in [-0.2, -0.15) is 12.7 Å². The number of aliphatic hydroxyl groups is 1. The highest BCUT2D eigenvalue weighted by Gasteiger charge is 2.31. The monoisotopic (exact) mass is 413 g/mol. The summed E-state index contributed by atoms with van der Waals surface area (Å²) >= 11 is 0. The first-order valence-electron chi connectivity index (χ1n) is 8.29. The summed E-state index contributed by atoms with van der Waals surface area (Å²) in [4.78, 5) is 0.232. The lowest BCUT2D eigenvalue weighted by atomic mass is 10.2. The van der Waals surface area contributed by atoms with Crippen LogP contribution in [-0.4, -0.2) is 50.0 Å². The Kier molecular flexibility index (Phi) is 6.77. The quantitative estimate of drug-likeness (QED) is 0.745. The SMILES string of the molecule is Cc1ccc(S(=O)(=O)N2CCC(O)C2)cc1.Cc1ccc(S(=O)(=O)O)cc1. The molecule has 0 bridgehead atoms. The fourth-order valence-electron chi connectivity index (χ4n) is 2.50. The number of sulfonamides is 1. The van der Waals surface area contributed by atoms with Crippen LogP contribution in [0, 0.1) is 13.8 Å². The maximum atomic E-state index is 12.1. The molecular weight excluding hydrogens is 390 g/mol. The minimum absolute atomic E-state index is 0.0666. The third-order valence-corrected chi connectivity index (χ3v) is 6.85. The van der Waals surface area contributed by atoms with Crippen LogP contribution in [0.1, 0.15) is 17.5 Å². The van der Waals surface area contributed by atoms with E-state index in [4.69, 9.17) is 4.55 Å². The Balaban J connectivity index is 0.000000208. The molecule has 0 aliphatic carbocycles. The third kappa shape index (κ3) is 5.85. The van der Waals surface area contributed by atoms with Gasteiger partial charge in [0.25, 0.3) is 10.1 Å². The van der Waals surface area contributed by atoms with E-state index in [9.17, 15) is 21.9 Å². The molecule has 7 nitrogen and oxygen atoms in total. The summed E-state index contributed by atoms with van der Waals surface area (Å²) in [6.45, 7) is 4.36. The first-order chi connectivity index (χ1) is 12.5. The van der Waals surface area contributed by atoms with Crippen molar-refractivity contribution in [1.82, 2.24) is 4.31 Å². The van der Waals surface area contributed by atoms with Gasteiger partial charge in [-0.05, 0) is 44.5 Å². The van der Waals surface area contributed by atoms with E-state index in [1.807, 2.05) is 13.8 Å². The van der Waals surface area contributed by atoms with E-state index in [1.165, 1.54) is 16.4 Å². The standard InChI is InChI=1S/C11H15NO3S.C7H8O3S/c1-9-2-4-11(5-3-9)16(14,15)12-7-6-10(13)8-12;1-6-2-4-7(5-3-6)11(8,9)10/h2-5,10,13H,6-8H2,1H3;2-5H,1H3,(H,8,9,10). The van der Waals surface area contributed by atoms with Crippen LogP contribution in [0.25, 0.3) is 0 Å². The summed E-state index contributed by atoms with van der Waals surface area (Å²) in [5.41, 5.74) is 1.98. The molecule has 1 aliphatic rings. The minimum Gasteiger partial charge on any atom is -0.392 e. The number of nitrogens with zero attached hydrogens (tertiary/aromatic N) is 1. The highest BCUT2D eigenvalue weighted by atomic mass is 32.2. The maximum absolute atomic E-state index is 12.1. The van der Waals surface area contributed by atoms with Gasteiger partial charge in [-0.3, -0.25) is 4.55 Å². The van der Waals surface area contributed by atoms with E-state index in [0.29, 0.717) is 17.9 Å². The van der Waals surface area contributed by atoms with Crippen molar-refractivity contribution in [3.63, 3.8) is 0 Å². The molecule has 1 heterocycles. The van der Waals surface area contributed by atoms with Crippen LogP contribution < -0.4 is 0 Å². The molecule has 148 valence electrons. The Morgan fingerprint density at radius 3 is 1.67 bits per heavy atom. The van der Waals surface area contributed by atoms with E-state index in [2.05, 4.69) is 0 Å². The van der Waals surface area contributed by atoms with E-state index in [-0.39, 0.29) is 11.4 Å². The lowest BCUT2D eigenvalue weighted by molar-refractivity contribution is 0.189. The molecule has 3 rings (SSSR count). The zero-order chi connectivity index (χ0) is 20.2. The fraction of sp³-hybridized carbons (Fsp3) is 0.333. The Morgan fingerprint density at radius 2 is 1.30 bits per heavy atom. The number of hydrogen-bond donors (Lipinski definition) is 2. The highest BCUT2D eigenvalue weighted by Crippen LogP contribution is 2.21. The summed E-state index contributed by atoms with van der Waals surface area (Å²) in [6, 6.07) is 12.8. The molecule has 0 spiro atoms. The number of β-amino-alcohol motifs (C(OH)–C–C–N with tert-alkyl or cyclic N) is 1. The molecule has 2 N–H and O–H groups in total. The normalized spacial score (nSPS) is 18.0. The zero-order valence-corrected chi connectivity index (χ0v) is 16.7. The van der Waals surface area contributed by atoms with Gasteiger partial charge in [-0.15, -0.1) is 0 Å². The van der Waals surface area contributed by atoms with Gasteiger partial charge in [0.15, 0.2) is 0 Å². The van der Waals surface area contributed by atoms with Gasteiger partial charge in [0, 0.05) is 13.1 Å². The summed E-state index contributed by atoms with van der Waals surface area (Å²) in [7, 11) is -7.43. The predicted octanol–water partition coefficient (Wildman–Crippen LogP) is 1.99. The second-order valence-corrected chi connectivity index (χ2v) is 9.77. The van der Waals surface area contributed by atoms with Crippen LogP contribution in [0.3, 0.4) is 0 Å². The Hall–Kier alpha value is -1.78. The Bertz CT molecular complexity index is 968. The first-order valence-corrected chi connectivity index (χ1v) is 11.2. The molecule has 1 fully saturated rings. The van der Waals surface area contributed by atoms with E-state index < -0.39 is 26.2 Å². The molecule has 1 saturated heterocycles. The zero-order valence-electron chi connectivity index (χ0n) is 15.1. The van der Waals surface area contributed by atoms with Gasteiger partial charge in [0.05, 0.1) is 15.9 Å². The fourth-order valence-corrected chi connectivity index (χ4v) is 4.47. The smallest absolute Gasteiger partial charge is 0.294 e. The lowest BCUT2D eigenvalue weighted by Crippen LogP contribution is -2.29. The lowest BCUT2D eigenvalue weighted by Gasteiger charge is -2.15. The van der Waals surface area contributed by atoms with Crippen molar-refractivity contribution in [2.24, 2.45) is 0 Å². The van der Waals surface area contributed by atoms with E-state index >= 15 is 0 Å². The average molecular weight is 414 g/mol. The average Bonchev–Trinajstić information content (AvgIpc) is 3.03. The molecular formula is C18H23NO6S2. The number of hydrogen-bond acceptors (Lipinski definition) is 5. The second kappa shape index (κ2) is 8.49. The van der Waals surface area contributed by atoms with Crippen LogP contribution in [0.4, 0.5) is 0 Å². The van der Waals surface area contributed by atoms with Gasteiger partial charge < -0.3 is 5.11 Å². The van der Waals surface area contributed by atoms with Crippen molar-refractivity contribution in [3.8, 4) is 0 Å². The summed E-state index contributed by atoms with van der Waals surface area (Å²) in [5, 5.41) is 9.35. The third-order valence-electron chi connectivity index (χ3n) is 4.10. The summed E-state index contributed by atoms with van der Waals surface area (Å²) in [6.07, 6.45) is -0.00863. The molecule has 9 heteroatoms. The van der Waals surface area contributed by atoms with Gasteiger partial charge in [-0.1, -0.05) is 35.4 Å². The number of aryl methyl sites for hydroxylation is 2. The van der Waals surface area contributed by atoms with E-state index in [0.717, 1.165) is 11.1 Å². The molecule has 2 aromatic carbocycles. The van der Waals surface area contributed by atoms with Gasteiger partial charge >= 0.3 is 0 Å². The molecule has 0 radical (unpaired) electrons. The molecule has 1 atom stereocenters. The molecule has 2 aromatic rings. The largest absolute Gasteiger partial charge is 0.392 e. The van der Waals surface area contributed by atoms with Crippen LogP contribution >= 0.6 is 0 Å². The number of benzene rings is 2. The van der Waals surface area contributed by atoms with Crippen molar-refractivity contribution < 1.29 is 26.5 Å². The second-order valence-electron chi connectivity index (χ2n) is 6.41. The molecule has 27 heavy (non-hydrogen) atoms. The molecule has 0 amide bonds. The summed E-state index contributed by atoms with van der Waals surface area (Å²) < 4.78 is 55.1. The van der Waals surface area contributed by atoms with Crippen molar-refractivity contribution in [2.45, 2.75) is 36.2 Å². The van der Waals surface area contributed by atoms with Crippen molar-refractivity contribution in [1.29, 1.82) is 0 Å². The Labute approximate surface area is 160 Å². The van der Waals surface area contributed by atoms with Crippen LogP contribution in [0.2, 0.25) is 0 Å². The van der Waals surface area contributed by atoms with Crippen molar-refractivity contribution in [3.05, 3.63) is 59.7 Å². The van der Waals surface area contributed by atoms with Gasteiger partial charge in [0.1, 0.15) is 0 Å². The minimum atomic E-state index is -4.02. The molecule has 0 saturated carbocycles.